The van der Waals surface area contributed by atoms with Gasteiger partial charge < -0.3 is 41.3 Å². The molecule has 9 atom stereocenters. The van der Waals surface area contributed by atoms with Crippen molar-refractivity contribution in [1.29, 1.82) is 0 Å². The van der Waals surface area contributed by atoms with Crippen LogP contribution >= 0.6 is 0 Å². The lowest BCUT2D eigenvalue weighted by Crippen LogP contribution is -2.57. The second kappa shape index (κ2) is 25.6. The van der Waals surface area contributed by atoms with Gasteiger partial charge in [0.25, 0.3) is 0 Å². The predicted octanol–water partition coefficient (Wildman–Crippen LogP) is 3.83. The van der Waals surface area contributed by atoms with Gasteiger partial charge in [-0.2, -0.15) is 0 Å². The van der Waals surface area contributed by atoms with E-state index in [9.17, 15) is 38.7 Å². The molecule has 0 aromatic heterocycles. The molecule has 3 unspecified atom stereocenters. The quantitative estimate of drug-likeness (QED) is 0.0709. The van der Waals surface area contributed by atoms with Gasteiger partial charge in [0.2, 0.25) is 29.5 Å². The summed E-state index contributed by atoms with van der Waals surface area (Å²) in [7, 11) is 2.85. The fraction of sp³-hybridized carbons (Fsp3) is 0.659. The zero-order chi connectivity index (χ0) is 45.1. The van der Waals surface area contributed by atoms with Gasteiger partial charge in [-0.1, -0.05) is 97.7 Å². The van der Waals surface area contributed by atoms with Crippen LogP contribution in [0.25, 0.3) is 0 Å². The third-order valence-corrected chi connectivity index (χ3v) is 10.8. The molecule has 15 nitrogen and oxygen atoms in total. The number of carbonyl (C=O) groups excluding carboxylic acids is 6. The number of carboxylic acid groups (broad SMARTS) is 1. The summed E-state index contributed by atoms with van der Waals surface area (Å²) in [6, 6.07) is 4.03. The van der Waals surface area contributed by atoms with Crippen molar-refractivity contribution in [3.05, 3.63) is 47.5 Å². The minimum Gasteiger partial charge on any atom is -0.480 e. The summed E-state index contributed by atoms with van der Waals surface area (Å²) in [4.78, 5) is 94.2. The molecule has 1 rings (SSSR count). The molecule has 332 valence electrons. The van der Waals surface area contributed by atoms with Gasteiger partial charge in [-0.25, -0.2) is 4.79 Å². The van der Waals surface area contributed by atoms with E-state index >= 15 is 0 Å². The van der Waals surface area contributed by atoms with E-state index in [1.54, 1.807) is 51.1 Å². The van der Waals surface area contributed by atoms with Crippen molar-refractivity contribution < 1.29 is 43.4 Å². The van der Waals surface area contributed by atoms with Crippen molar-refractivity contribution in [3.63, 3.8) is 0 Å². The van der Waals surface area contributed by atoms with E-state index in [1.807, 2.05) is 47.6 Å². The monoisotopic (exact) mass is 829 g/mol. The Morgan fingerprint density at radius 2 is 1.42 bits per heavy atom. The van der Waals surface area contributed by atoms with Crippen molar-refractivity contribution in [2.45, 2.75) is 144 Å². The molecular formula is C44H72N6O9. The molecule has 15 heteroatoms. The first-order valence-corrected chi connectivity index (χ1v) is 20.9. The maximum atomic E-state index is 13.9. The lowest BCUT2D eigenvalue weighted by atomic mass is 9.88. The molecule has 0 fully saturated rings. The number of allylic oxidation sites excluding steroid dienone is 1. The summed E-state index contributed by atoms with van der Waals surface area (Å²) in [6.45, 7) is 17.7. The van der Waals surface area contributed by atoms with Crippen LogP contribution in [0.4, 0.5) is 0 Å². The maximum Gasteiger partial charge on any atom is 0.326 e. The highest BCUT2D eigenvalue weighted by Gasteiger charge is 2.35. The Morgan fingerprint density at radius 3 is 1.95 bits per heavy atom. The van der Waals surface area contributed by atoms with Gasteiger partial charge in [-0.05, 0) is 69.3 Å². The Kier molecular flexibility index (Phi) is 22.7. The number of likely N-dealkylation sites (N-methyl/N-ethyl adjacent to an activating group) is 2. The molecule has 59 heavy (non-hydrogen) atoms. The van der Waals surface area contributed by atoms with E-state index in [-0.39, 0.29) is 36.2 Å². The van der Waals surface area contributed by atoms with Crippen molar-refractivity contribution in [2.24, 2.45) is 29.4 Å². The second-order valence-electron chi connectivity index (χ2n) is 16.5. The highest BCUT2D eigenvalue weighted by molar-refractivity contribution is 5.98. The number of carboxylic acids is 1. The fourth-order valence-corrected chi connectivity index (χ4v) is 6.57. The molecule has 6 N–H and O–H groups in total. The number of aliphatic carboxylic acids is 1. The number of hydrogen-bond donors (Lipinski definition) is 5. The minimum atomic E-state index is -1.18. The van der Waals surface area contributed by atoms with Crippen molar-refractivity contribution in [2.75, 3.05) is 20.6 Å². The average Bonchev–Trinajstić information content (AvgIpc) is 3.18. The molecular weight excluding hydrogens is 757 g/mol. The van der Waals surface area contributed by atoms with Crippen molar-refractivity contribution in [3.8, 4) is 0 Å². The molecule has 0 saturated heterocycles. The van der Waals surface area contributed by atoms with Crippen LogP contribution < -0.4 is 21.7 Å². The molecule has 0 aliphatic carbocycles. The number of nitrogens with two attached hydrogens (primary N) is 1. The first-order chi connectivity index (χ1) is 27.5. The van der Waals surface area contributed by atoms with Crippen LogP contribution in [0.2, 0.25) is 0 Å². The van der Waals surface area contributed by atoms with Gasteiger partial charge in [-0.15, -0.1) is 0 Å². The number of esters is 1. The van der Waals surface area contributed by atoms with Crippen LogP contribution in [0.3, 0.4) is 0 Å². The smallest absolute Gasteiger partial charge is 0.326 e. The highest BCUT2D eigenvalue weighted by atomic mass is 16.5. The highest BCUT2D eigenvalue weighted by Crippen LogP contribution is 2.24. The van der Waals surface area contributed by atoms with Gasteiger partial charge in [0.1, 0.15) is 36.3 Å². The van der Waals surface area contributed by atoms with Gasteiger partial charge in [0.05, 0.1) is 6.54 Å². The zero-order valence-electron chi connectivity index (χ0n) is 37.4. The number of amides is 5. The third kappa shape index (κ3) is 17.5. The molecule has 0 heterocycles. The van der Waals surface area contributed by atoms with Crippen LogP contribution in [0.1, 0.15) is 107 Å². The summed E-state index contributed by atoms with van der Waals surface area (Å²) in [6.07, 6.45) is 4.38. The van der Waals surface area contributed by atoms with Gasteiger partial charge in [-0.3, -0.25) is 28.8 Å². The maximum absolute atomic E-state index is 13.9. The van der Waals surface area contributed by atoms with E-state index in [1.165, 1.54) is 25.9 Å². The van der Waals surface area contributed by atoms with Crippen LogP contribution in [-0.2, 0) is 44.7 Å². The Bertz CT molecular complexity index is 1580. The number of benzene rings is 1. The lowest BCUT2D eigenvalue weighted by molar-refractivity contribution is -0.156. The fourth-order valence-electron chi connectivity index (χ4n) is 6.57. The second-order valence-corrected chi connectivity index (χ2v) is 16.5. The molecule has 0 bridgehead atoms. The van der Waals surface area contributed by atoms with Crippen LogP contribution in [-0.4, -0.2) is 113 Å². The molecule has 1 aromatic carbocycles. The van der Waals surface area contributed by atoms with Crippen LogP contribution in [0.15, 0.2) is 42.0 Å². The Morgan fingerprint density at radius 1 is 0.831 bits per heavy atom. The molecule has 0 aliphatic heterocycles. The van der Waals surface area contributed by atoms with Gasteiger partial charge in [0, 0.05) is 26.1 Å². The largest absolute Gasteiger partial charge is 0.480 e. The zero-order valence-corrected chi connectivity index (χ0v) is 37.4. The first-order valence-electron chi connectivity index (χ1n) is 20.9. The summed E-state index contributed by atoms with van der Waals surface area (Å²) in [5, 5.41) is 17.7. The van der Waals surface area contributed by atoms with E-state index < -0.39 is 78.2 Å². The molecule has 0 aliphatic rings. The third-order valence-electron chi connectivity index (χ3n) is 10.8. The SMILES string of the molecule is CCC(C)[C@H](NC(=O)CN(C)C(=O)[C@@H](Cc1ccccc1)N(C)C(=O)[C@@H](C)NC(=O)[C@@H](CC(C)C)NC(=O)/C(C)=C/CC[C@H](C)[C@H](OC(=O)C(C)N)C(C)CC)C(=O)O. The normalized spacial score (nSPS) is 16.2. The molecule has 0 saturated carbocycles. The average molecular weight is 829 g/mol. The van der Waals surface area contributed by atoms with Crippen LogP contribution in [0, 0.1) is 23.7 Å². The summed E-state index contributed by atoms with van der Waals surface area (Å²) in [5.41, 5.74) is 6.89. The molecule has 1 aromatic rings. The molecule has 0 radical (unpaired) electrons. The van der Waals surface area contributed by atoms with Crippen molar-refractivity contribution in [1.82, 2.24) is 25.8 Å². The van der Waals surface area contributed by atoms with Gasteiger partial charge in [0.15, 0.2) is 0 Å². The number of ether oxygens (including phenoxy) is 1. The molecule has 5 amide bonds. The van der Waals surface area contributed by atoms with E-state index in [4.69, 9.17) is 10.5 Å². The van der Waals surface area contributed by atoms with E-state index in [0.29, 0.717) is 31.3 Å². The molecule has 0 spiro atoms. The van der Waals surface area contributed by atoms with E-state index in [0.717, 1.165) is 16.9 Å². The predicted molar refractivity (Wildman–Crippen MR) is 227 cm³/mol. The number of rotatable bonds is 25. The minimum absolute atomic E-state index is 0.00455. The van der Waals surface area contributed by atoms with Crippen molar-refractivity contribution >= 4 is 41.5 Å². The number of carbonyl (C=O) groups is 7. The summed E-state index contributed by atoms with van der Waals surface area (Å²) in [5.74, 6) is -4.63. The standard InChI is InChI=1S/C44H72N6O9/c1-13-27(5)37(43(56)57)48-36(51)25-49(11)42(55)35(24-33-21-16-15-17-22-33)50(12)41(54)32(10)46-40(53)34(23-26(3)4)47-39(52)30(8)20-18-19-29(7)38(28(6)14-2)59-44(58)31(9)45/h15-17,20-22,26-29,31-32,34-35,37-38H,13-14,18-19,23-25,45H2,1-12H3,(H,46,53)(H,47,52)(H,48,51)(H,56,57)/b30-20+/t27?,28?,29-,31?,32+,34+,35+,37-,38+/m0/s1. The van der Waals surface area contributed by atoms with Crippen LogP contribution in [0.5, 0.6) is 0 Å². The van der Waals surface area contributed by atoms with E-state index in [2.05, 4.69) is 16.0 Å². The first kappa shape index (κ1) is 52.2. The Balaban J connectivity index is 3.13. The Hall–Kier alpha value is -4.79. The topological polar surface area (TPSA) is 218 Å². The van der Waals surface area contributed by atoms with Gasteiger partial charge >= 0.3 is 11.9 Å². The lowest BCUT2D eigenvalue weighted by Gasteiger charge is -2.33. The Labute approximate surface area is 351 Å². The number of hydrogen-bond acceptors (Lipinski definition) is 9. The number of nitrogens with one attached hydrogen (secondary N) is 3. The summed E-state index contributed by atoms with van der Waals surface area (Å²) < 4.78 is 5.73. The number of nitrogens with zero attached hydrogens (tertiary/aromatic N) is 2. The summed E-state index contributed by atoms with van der Waals surface area (Å²) >= 11 is 0.